The van der Waals surface area contributed by atoms with E-state index in [0.717, 1.165) is 23.4 Å². The van der Waals surface area contributed by atoms with Crippen LogP contribution in [-0.4, -0.2) is 10.2 Å². The Morgan fingerprint density at radius 2 is 2.07 bits per heavy atom. The molecular formula is C12H20N2. The minimum atomic E-state index is 0.928. The minimum absolute atomic E-state index is 0.928. The van der Waals surface area contributed by atoms with Crippen molar-refractivity contribution in [2.24, 2.45) is 0 Å². The summed E-state index contributed by atoms with van der Waals surface area (Å²) in [6.07, 6.45) is 7.00. The topological polar surface area (TPSA) is 28.7 Å². The Kier molecular flexibility index (Phi) is 6.46. The molecule has 0 atom stereocenters. The molecule has 0 aliphatic heterocycles. The summed E-state index contributed by atoms with van der Waals surface area (Å²) in [6, 6.07) is 0. The van der Waals surface area contributed by atoms with E-state index >= 15 is 0 Å². The van der Waals surface area contributed by atoms with Gasteiger partial charge in [0.05, 0.1) is 5.69 Å². The number of hydrogen-bond acceptors (Lipinski definition) is 1. The van der Waals surface area contributed by atoms with Gasteiger partial charge >= 0.3 is 0 Å². The third-order valence-corrected chi connectivity index (χ3v) is 1.74. The van der Waals surface area contributed by atoms with Crippen molar-refractivity contribution in [2.75, 3.05) is 0 Å². The highest BCUT2D eigenvalue weighted by Crippen LogP contribution is 2.13. The molecule has 2 nitrogen and oxygen atoms in total. The maximum absolute atomic E-state index is 4.09. The predicted octanol–water partition coefficient (Wildman–Crippen LogP) is 3.81. The van der Waals surface area contributed by atoms with Crippen molar-refractivity contribution in [3.8, 4) is 0 Å². The van der Waals surface area contributed by atoms with Crippen LogP contribution in [0, 0.1) is 6.92 Å². The highest BCUT2D eigenvalue weighted by Gasteiger charge is 2.01. The molecule has 0 aliphatic rings. The molecule has 1 N–H and O–H groups in total. The van der Waals surface area contributed by atoms with Gasteiger partial charge < -0.3 is 0 Å². The Bertz CT molecular complexity index is 295. The molecule has 1 aromatic heterocycles. The second-order valence-electron chi connectivity index (χ2n) is 2.66. The zero-order valence-corrected chi connectivity index (χ0v) is 9.59. The van der Waals surface area contributed by atoms with Crippen LogP contribution in [0.15, 0.2) is 12.7 Å². The van der Waals surface area contributed by atoms with E-state index in [9.17, 15) is 0 Å². The van der Waals surface area contributed by atoms with E-state index < -0.39 is 0 Å². The van der Waals surface area contributed by atoms with Crippen LogP contribution in [0.5, 0.6) is 0 Å². The first kappa shape index (κ1) is 12.7. The maximum Gasteiger partial charge on any atom is 0.0917 e. The molecule has 14 heavy (non-hydrogen) atoms. The molecule has 0 radical (unpaired) electrons. The van der Waals surface area contributed by atoms with Gasteiger partial charge in [0.15, 0.2) is 0 Å². The van der Waals surface area contributed by atoms with Crippen molar-refractivity contribution in [2.45, 2.75) is 34.1 Å². The van der Waals surface area contributed by atoms with Crippen LogP contribution >= 0.6 is 0 Å². The van der Waals surface area contributed by atoms with Gasteiger partial charge in [0.2, 0.25) is 0 Å². The number of H-pyrrole nitrogens is 1. The first-order valence-corrected chi connectivity index (χ1v) is 5.13. The van der Waals surface area contributed by atoms with Crippen LogP contribution in [0.3, 0.4) is 0 Å². The van der Waals surface area contributed by atoms with Gasteiger partial charge in [-0.25, -0.2) is 0 Å². The lowest BCUT2D eigenvalue weighted by Gasteiger charge is -1.90. The lowest BCUT2D eigenvalue weighted by atomic mass is 10.1. The molecule has 0 bridgehead atoms. The van der Waals surface area contributed by atoms with Crippen molar-refractivity contribution in [3.05, 3.63) is 29.6 Å². The fourth-order valence-corrected chi connectivity index (χ4v) is 1.06. The molecular weight excluding hydrogens is 172 g/mol. The van der Waals surface area contributed by atoms with Gasteiger partial charge in [0.25, 0.3) is 0 Å². The fraction of sp³-hybridized carbons (Fsp3) is 0.417. The van der Waals surface area contributed by atoms with E-state index in [4.69, 9.17) is 0 Å². The van der Waals surface area contributed by atoms with Gasteiger partial charge in [-0.3, -0.25) is 5.10 Å². The Hall–Kier alpha value is -1.31. The van der Waals surface area contributed by atoms with E-state index in [-0.39, 0.29) is 0 Å². The second kappa shape index (κ2) is 7.13. The largest absolute Gasteiger partial charge is 0.282 e. The number of allylic oxidation sites excluding steroid dienone is 1. The van der Waals surface area contributed by atoms with E-state index in [0.29, 0.717) is 0 Å². The Morgan fingerprint density at radius 1 is 1.43 bits per heavy atom. The molecule has 0 aromatic carbocycles. The fourth-order valence-electron chi connectivity index (χ4n) is 1.06. The summed E-state index contributed by atoms with van der Waals surface area (Å²) in [5, 5.41) is 7.02. The molecule has 0 saturated carbocycles. The number of rotatable bonds is 3. The number of hydrogen-bond donors (Lipinski definition) is 1. The molecule has 0 amide bonds. The number of aryl methyl sites for hydroxylation is 1. The Morgan fingerprint density at radius 3 is 2.57 bits per heavy atom. The molecule has 0 aliphatic carbocycles. The van der Waals surface area contributed by atoms with E-state index in [2.05, 4.69) is 35.9 Å². The Balaban J connectivity index is 0.000000791. The molecule has 2 heteroatoms. The Labute approximate surface area is 86.7 Å². The zero-order valence-electron chi connectivity index (χ0n) is 9.59. The van der Waals surface area contributed by atoms with E-state index in [1.807, 2.05) is 20.8 Å². The number of nitrogens with one attached hydrogen (secondary N) is 1. The average Bonchev–Trinajstić information content (AvgIpc) is 2.59. The van der Waals surface area contributed by atoms with Crippen LogP contribution in [0.1, 0.15) is 44.1 Å². The quantitative estimate of drug-likeness (QED) is 0.775. The number of nitrogens with zero attached hydrogens (tertiary/aromatic N) is 1. The standard InChI is InChI=1S/C10H14N2.C2H6/c1-4-6-7-9-8(3)11-12-10(9)5-2;1-2/h5-7H,2,4H2,1,3H3,(H,11,12);1-2H3/b7-6-;. The van der Waals surface area contributed by atoms with Crippen LogP contribution < -0.4 is 0 Å². The second-order valence-corrected chi connectivity index (χ2v) is 2.66. The van der Waals surface area contributed by atoms with Crippen LogP contribution in [0.4, 0.5) is 0 Å². The molecule has 0 unspecified atom stereocenters. The third kappa shape index (κ3) is 3.21. The smallest absolute Gasteiger partial charge is 0.0917 e. The monoisotopic (exact) mass is 192 g/mol. The molecule has 1 rings (SSSR count). The molecule has 1 aromatic rings. The van der Waals surface area contributed by atoms with Crippen LogP contribution in [-0.2, 0) is 0 Å². The molecule has 78 valence electrons. The van der Waals surface area contributed by atoms with Gasteiger partial charge in [-0.2, -0.15) is 5.10 Å². The summed E-state index contributed by atoms with van der Waals surface area (Å²) in [5.41, 5.74) is 3.17. The lowest BCUT2D eigenvalue weighted by molar-refractivity contribution is 1.04. The molecule has 0 saturated heterocycles. The summed E-state index contributed by atoms with van der Waals surface area (Å²) in [5.74, 6) is 0. The lowest BCUT2D eigenvalue weighted by Crippen LogP contribution is -1.76. The van der Waals surface area contributed by atoms with Gasteiger partial charge in [0.1, 0.15) is 0 Å². The van der Waals surface area contributed by atoms with Gasteiger partial charge in [-0.15, -0.1) is 0 Å². The van der Waals surface area contributed by atoms with Crippen molar-refractivity contribution in [1.29, 1.82) is 0 Å². The average molecular weight is 192 g/mol. The predicted molar refractivity (Wildman–Crippen MR) is 64.1 cm³/mol. The van der Waals surface area contributed by atoms with Crippen molar-refractivity contribution < 1.29 is 0 Å². The summed E-state index contributed by atoms with van der Waals surface area (Å²) in [4.78, 5) is 0. The molecule has 1 heterocycles. The first-order valence-electron chi connectivity index (χ1n) is 5.13. The van der Waals surface area contributed by atoms with Crippen molar-refractivity contribution in [1.82, 2.24) is 10.2 Å². The van der Waals surface area contributed by atoms with E-state index in [1.165, 1.54) is 0 Å². The highest BCUT2D eigenvalue weighted by molar-refractivity contribution is 5.63. The van der Waals surface area contributed by atoms with Crippen LogP contribution in [0.2, 0.25) is 0 Å². The summed E-state index contributed by atoms with van der Waals surface area (Å²) >= 11 is 0. The number of aromatic amines is 1. The zero-order chi connectivity index (χ0) is 11.0. The summed E-state index contributed by atoms with van der Waals surface area (Å²) in [7, 11) is 0. The SMILES string of the molecule is C=Cc1n[nH]c(C)c1/C=C\CC.CC. The molecule has 0 spiro atoms. The molecule has 0 fully saturated rings. The van der Waals surface area contributed by atoms with Gasteiger partial charge in [-0.05, 0) is 19.4 Å². The minimum Gasteiger partial charge on any atom is -0.282 e. The van der Waals surface area contributed by atoms with Crippen LogP contribution in [0.25, 0.3) is 12.2 Å². The normalized spacial score (nSPS) is 9.71. The van der Waals surface area contributed by atoms with Gasteiger partial charge in [0, 0.05) is 11.3 Å². The highest BCUT2D eigenvalue weighted by atomic mass is 15.1. The van der Waals surface area contributed by atoms with Gasteiger partial charge in [-0.1, -0.05) is 39.5 Å². The summed E-state index contributed by atoms with van der Waals surface area (Å²) < 4.78 is 0. The van der Waals surface area contributed by atoms with E-state index in [1.54, 1.807) is 6.08 Å². The summed E-state index contributed by atoms with van der Waals surface area (Å²) in [6.45, 7) is 11.8. The maximum atomic E-state index is 4.09. The third-order valence-electron chi connectivity index (χ3n) is 1.74. The first-order chi connectivity index (χ1) is 6.79. The number of aromatic nitrogens is 2. The van der Waals surface area contributed by atoms with Crippen molar-refractivity contribution >= 4 is 12.2 Å². The van der Waals surface area contributed by atoms with Crippen molar-refractivity contribution in [3.63, 3.8) is 0 Å².